The molecule has 192 valence electrons. The van der Waals surface area contributed by atoms with Crippen molar-refractivity contribution in [3.63, 3.8) is 0 Å². The molecular weight excluding hydrogens is 384 g/mol. The van der Waals surface area contributed by atoms with Gasteiger partial charge in [-0.25, -0.2) is 0 Å². The van der Waals surface area contributed by atoms with E-state index in [-0.39, 0.29) is 0 Å². The van der Waals surface area contributed by atoms with Crippen LogP contribution >= 0.6 is 0 Å². The molecule has 0 amide bonds. The van der Waals surface area contributed by atoms with Gasteiger partial charge < -0.3 is 0 Å². The van der Waals surface area contributed by atoms with Gasteiger partial charge in [-0.1, -0.05) is 180 Å². The molecule has 0 spiro atoms. The molecule has 1 unspecified atom stereocenters. The zero-order chi connectivity index (χ0) is 23.4. The molecule has 0 radical (unpaired) electrons. The highest BCUT2D eigenvalue weighted by atomic mass is 14.1. The molecule has 0 heteroatoms. The fourth-order valence-electron chi connectivity index (χ4n) is 5.03. The summed E-state index contributed by atoms with van der Waals surface area (Å²) in [6.07, 6.45) is 41.3. The normalized spacial score (nSPS) is 12.3. The Hall–Kier alpha value is -0.260. The topological polar surface area (TPSA) is 0 Å². The van der Waals surface area contributed by atoms with Gasteiger partial charge in [-0.15, -0.1) is 6.58 Å². The first kappa shape index (κ1) is 31.7. The van der Waals surface area contributed by atoms with E-state index in [0.29, 0.717) is 0 Å². The average Bonchev–Trinajstić information content (AvgIpc) is 2.80. The smallest absolute Gasteiger partial charge is 0.0353 e. The van der Waals surface area contributed by atoms with Crippen LogP contribution in [0.4, 0.5) is 0 Å². The number of allylic oxidation sites excluding steroid dienone is 1. The van der Waals surface area contributed by atoms with Crippen molar-refractivity contribution in [1.82, 2.24) is 0 Å². The van der Waals surface area contributed by atoms with Crippen LogP contribution in [-0.4, -0.2) is 0 Å². The molecule has 0 aliphatic carbocycles. The van der Waals surface area contributed by atoms with E-state index in [1.54, 1.807) is 0 Å². The molecule has 0 rings (SSSR count). The summed E-state index contributed by atoms with van der Waals surface area (Å²) in [5.74, 6) is 0.955. The molecule has 0 saturated carbocycles. The van der Waals surface area contributed by atoms with Crippen LogP contribution in [0, 0.1) is 5.92 Å². The molecule has 0 aromatic rings. The average molecular weight is 449 g/mol. The highest BCUT2D eigenvalue weighted by Gasteiger charge is 2.02. The predicted molar refractivity (Wildman–Crippen MR) is 150 cm³/mol. The highest BCUT2D eigenvalue weighted by molar-refractivity contribution is 4.65. The highest BCUT2D eigenvalue weighted by Crippen LogP contribution is 2.19. The third-order valence-corrected chi connectivity index (χ3v) is 7.41. The Morgan fingerprint density at radius 1 is 0.438 bits per heavy atom. The summed E-state index contributed by atoms with van der Waals surface area (Å²) in [6, 6.07) is 0. The summed E-state index contributed by atoms with van der Waals surface area (Å²) < 4.78 is 0. The summed E-state index contributed by atoms with van der Waals surface area (Å²) in [5.41, 5.74) is 0. The summed E-state index contributed by atoms with van der Waals surface area (Å²) in [5, 5.41) is 0. The lowest BCUT2D eigenvalue weighted by molar-refractivity contribution is 0.430. The van der Waals surface area contributed by atoms with Crippen LogP contribution < -0.4 is 0 Å². The largest absolute Gasteiger partial charge is 0.103 e. The van der Waals surface area contributed by atoms with Crippen LogP contribution in [0.1, 0.15) is 187 Å². The van der Waals surface area contributed by atoms with E-state index in [4.69, 9.17) is 0 Å². The number of rotatable bonds is 28. The van der Waals surface area contributed by atoms with Crippen molar-refractivity contribution in [3.8, 4) is 0 Å². The molecule has 0 aromatic carbocycles. The van der Waals surface area contributed by atoms with Crippen molar-refractivity contribution in [2.45, 2.75) is 187 Å². The van der Waals surface area contributed by atoms with Crippen LogP contribution in [0.25, 0.3) is 0 Å². The van der Waals surface area contributed by atoms with Crippen molar-refractivity contribution in [2.24, 2.45) is 5.92 Å². The van der Waals surface area contributed by atoms with Gasteiger partial charge in [0.1, 0.15) is 0 Å². The lowest BCUT2D eigenvalue weighted by atomic mass is 9.95. The van der Waals surface area contributed by atoms with E-state index in [1.807, 2.05) is 0 Å². The van der Waals surface area contributed by atoms with Gasteiger partial charge in [-0.3, -0.25) is 0 Å². The van der Waals surface area contributed by atoms with Crippen molar-refractivity contribution >= 4 is 0 Å². The SMILES string of the molecule is C=CCCCCCCCCC(C)CCCCCCCCCCCCCCCCCCCC. The lowest BCUT2D eigenvalue weighted by Crippen LogP contribution is -1.95. The number of unbranched alkanes of at least 4 members (excludes halogenated alkanes) is 23. The predicted octanol–water partition coefficient (Wildman–Crippen LogP) is 12.4. The van der Waals surface area contributed by atoms with Crippen molar-refractivity contribution in [1.29, 1.82) is 0 Å². The van der Waals surface area contributed by atoms with Gasteiger partial charge in [-0.05, 0) is 18.8 Å². The van der Waals surface area contributed by atoms with E-state index in [1.165, 1.54) is 173 Å². The summed E-state index contributed by atoms with van der Waals surface area (Å²) in [7, 11) is 0. The van der Waals surface area contributed by atoms with Gasteiger partial charge in [0.25, 0.3) is 0 Å². The van der Waals surface area contributed by atoms with Crippen LogP contribution in [0.3, 0.4) is 0 Å². The van der Waals surface area contributed by atoms with Crippen molar-refractivity contribution in [2.75, 3.05) is 0 Å². The van der Waals surface area contributed by atoms with Gasteiger partial charge in [0.05, 0.1) is 0 Å². The van der Waals surface area contributed by atoms with E-state index >= 15 is 0 Å². The van der Waals surface area contributed by atoms with Gasteiger partial charge in [-0.2, -0.15) is 0 Å². The van der Waals surface area contributed by atoms with Gasteiger partial charge in [0.2, 0.25) is 0 Å². The Morgan fingerprint density at radius 2 is 0.719 bits per heavy atom. The van der Waals surface area contributed by atoms with Gasteiger partial charge in [0, 0.05) is 0 Å². The van der Waals surface area contributed by atoms with Gasteiger partial charge >= 0.3 is 0 Å². The fraction of sp³-hybridized carbons (Fsp3) is 0.938. The molecule has 0 aliphatic rings. The molecule has 1 atom stereocenters. The maximum Gasteiger partial charge on any atom is -0.0353 e. The quantitative estimate of drug-likeness (QED) is 0.0824. The zero-order valence-electron chi connectivity index (χ0n) is 23.0. The van der Waals surface area contributed by atoms with Crippen LogP contribution in [0.15, 0.2) is 12.7 Å². The minimum atomic E-state index is 0.955. The third kappa shape index (κ3) is 27.8. The Morgan fingerprint density at radius 3 is 1.03 bits per heavy atom. The second-order valence-corrected chi connectivity index (χ2v) is 10.9. The van der Waals surface area contributed by atoms with Crippen molar-refractivity contribution in [3.05, 3.63) is 12.7 Å². The first-order valence-corrected chi connectivity index (χ1v) is 15.4. The minimum absolute atomic E-state index is 0.955. The number of hydrogen-bond acceptors (Lipinski definition) is 0. The molecule has 0 nitrogen and oxygen atoms in total. The van der Waals surface area contributed by atoms with Crippen molar-refractivity contribution < 1.29 is 0 Å². The van der Waals surface area contributed by atoms with Crippen LogP contribution in [-0.2, 0) is 0 Å². The molecule has 0 fully saturated rings. The maximum absolute atomic E-state index is 3.80. The summed E-state index contributed by atoms with van der Waals surface area (Å²) in [4.78, 5) is 0. The molecule has 0 aromatic heterocycles. The molecular formula is C32H64. The minimum Gasteiger partial charge on any atom is -0.103 e. The Balaban J connectivity index is 3.11. The second kappa shape index (κ2) is 28.8. The lowest BCUT2D eigenvalue weighted by Gasteiger charge is -2.11. The van der Waals surface area contributed by atoms with E-state index in [2.05, 4.69) is 26.5 Å². The van der Waals surface area contributed by atoms with Crippen LogP contribution in [0.5, 0.6) is 0 Å². The standard InChI is InChI=1S/C32H64/c1-4-6-8-10-12-14-15-16-17-18-19-20-21-22-23-25-27-29-31-32(3)30-28-26-24-13-11-9-7-5-2/h5,32H,2,4,6-31H2,1,3H3. The van der Waals surface area contributed by atoms with E-state index in [0.717, 1.165) is 5.92 Å². The Bertz CT molecular complexity index is 331. The monoisotopic (exact) mass is 449 g/mol. The molecule has 0 N–H and O–H groups in total. The number of hydrogen-bond donors (Lipinski definition) is 0. The third-order valence-electron chi connectivity index (χ3n) is 7.41. The fourth-order valence-corrected chi connectivity index (χ4v) is 5.03. The molecule has 32 heavy (non-hydrogen) atoms. The first-order valence-electron chi connectivity index (χ1n) is 15.4. The Labute approximate surface area is 205 Å². The molecule has 0 saturated heterocycles. The molecule has 0 bridgehead atoms. The summed E-state index contributed by atoms with van der Waals surface area (Å²) >= 11 is 0. The first-order chi connectivity index (χ1) is 15.8. The second-order valence-electron chi connectivity index (χ2n) is 10.9. The molecule has 0 aliphatic heterocycles. The zero-order valence-corrected chi connectivity index (χ0v) is 23.0. The van der Waals surface area contributed by atoms with E-state index < -0.39 is 0 Å². The van der Waals surface area contributed by atoms with Gasteiger partial charge in [0.15, 0.2) is 0 Å². The maximum atomic E-state index is 3.80. The van der Waals surface area contributed by atoms with Crippen LogP contribution in [0.2, 0.25) is 0 Å². The summed E-state index contributed by atoms with van der Waals surface area (Å²) in [6.45, 7) is 8.59. The molecule has 0 heterocycles. The van der Waals surface area contributed by atoms with E-state index in [9.17, 15) is 0 Å². The Kier molecular flexibility index (Phi) is 28.5.